The Morgan fingerprint density at radius 3 is 2.00 bits per heavy atom. The van der Waals surface area contributed by atoms with Crippen LogP contribution in [0.25, 0.3) is 0 Å². The lowest BCUT2D eigenvalue weighted by molar-refractivity contribution is -0.142. The summed E-state index contributed by atoms with van der Waals surface area (Å²) in [5, 5.41) is 18.7. The van der Waals surface area contributed by atoms with Crippen LogP contribution in [0.3, 0.4) is 0 Å². The van der Waals surface area contributed by atoms with Crippen LogP contribution < -0.4 is 0 Å². The number of carboxylic acids is 1. The van der Waals surface area contributed by atoms with E-state index in [1.165, 1.54) is 27.9 Å². The first-order valence-electron chi connectivity index (χ1n) is 10.4. The minimum atomic E-state index is -3.67. The first-order valence-corrected chi connectivity index (χ1v) is 11.8. The number of aliphatic hydroxyl groups is 1. The Morgan fingerprint density at radius 1 is 1.04 bits per heavy atom. The van der Waals surface area contributed by atoms with Crippen LogP contribution >= 0.6 is 0 Å². The van der Waals surface area contributed by atoms with Crippen molar-refractivity contribution < 1.29 is 23.4 Å². The summed E-state index contributed by atoms with van der Waals surface area (Å²) >= 11 is 0. The molecule has 4 saturated carbocycles. The lowest BCUT2D eigenvalue weighted by Gasteiger charge is -2.57. The molecule has 5 fully saturated rings. The van der Waals surface area contributed by atoms with Crippen molar-refractivity contribution in [1.82, 2.24) is 8.61 Å². The van der Waals surface area contributed by atoms with Gasteiger partial charge >= 0.3 is 5.97 Å². The number of hydrogen-bond acceptors (Lipinski definition) is 4. The molecule has 1 saturated heterocycles. The first kappa shape index (κ1) is 19.6. The topological polar surface area (TPSA) is 98.2 Å². The summed E-state index contributed by atoms with van der Waals surface area (Å²) in [7, 11) is -3.67. The summed E-state index contributed by atoms with van der Waals surface area (Å²) in [6.45, 7) is 0.961. The quantitative estimate of drug-likeness (QED) is 0.675. The van der Waals surface area contributed by atoms with Crippen LogP contribution in [0, 0.1) is 29.1 Å². The molecule has 0 spiro atoms. The molecular weight excluding hydrogens is 368 g/mol. The lowest BCUT2D eigenvalue weighted by atomic mass is 9.49. The van der Waals surface area contributed by atoms with Crippen molar-refractivity contribution in [2.45, 2.75) is 51.4 Å². The van der Waals surface area contributed by atoms with Gasteiger partial charge in [-0.15, -0.1) is 0 Å². The molecule has 5 rings (SSSR count). The second-order valence-electron chi connectivity index (χ2n) is 9.49. The summed E-state index contributed by atoms with van der Waals surface area (Å²) in [5.41, 5.74) is 0.0797. The first-order chi connectivity index (χ1) is 12.8. The number of hydrogen-bond donors (Lipinski definition) is 2. The van der Waals surface area contributed by atoms with Crippen LogP contribution in [0.1, 0.15) is 51.4 Å². The van der Waals surface area contributed by atoms with Gasteiger partial charge in [-0.3, -0.25) is 4.79 Å². The van der Waals surface area contributed by atoms with Crippen LogP contribution in [0.15, 0.2) is 0 Å². The van der Waals surface area contributed by atoms with Crippen LogP contribution in [-0.4, -0.2) is 66.0 Å². The predicted octanol–water partition coefficient (Wildman–Crippen LogP) is 1.54. The lowest BCUT2D eigenvalue weighted by Crippen LogP contribution is -2.55. The van der Waals surface area contributed by atoms with E-state index in [4.69, 9.17) is 5.11 Å². The standard InChI is InChI=1S/C19H32N2O5S/c22-6-5-21(27(25,26)20-3-1-17(2-4-20)18(23)24)13-19-10-14-7-15(11-19)9-16(8-14)12-19/h14-17,22H,1-13H2,(H,23,24). The molecule has 0 aromatic heterocycles. The number of carbonyl (C=O) groups is 1. The molecule has 154 valence electrons. The fraction of sp³-hybridized carbons (Fsp3) is 0.947. The maximum absolute atomic E-state index is 13.3. The highest BCUT2D eigenvalue weighted by molar-refractivity contribution is 7.86. The summed E-state index contributed by atoms with van der Waals surface area (Å²) in [4.78, 5) is 11.2. The van der Waals surface area contributed by atoms with E-state index in [0.29, 0.717) is 19.4 Å². The predicted molar refractivity (Wildman–Crippen MR) is 100 cm³/mol. The molecule has 4 aliphatic carbocycles. The van der Waals surface area contributed by atoms with Gasteiger partial charge in [0.2, 0.25) is 0 Å². The van der Waals surface area contributed by atoms with E-state index in [1.54, 1.807) is 0 Å². The Labute approximate surface area is 161 Å². The molecule has 4 bridgehead atoms. The second-order valence-corrected chi connectivity index (χ2v) is 11.4. The van der Waals surface area contributed by atoms with Gasteiger partial charge in [-0.1, -0.05) is 0 Å². The number of aliphatic carboxylic acids is 1. The van der Waals surface area contributed by atoms with Crippen molar-refractivity contribution in [3.05, 3.63) is 0 Å². The highest BCUT2D eigenvalue weighted by atomic mass is 32.2. The maximum atomic E-state index is 13.3. The van der Waals surface area contributed by atoms with E-state index in [0.717, 1.165) is 37.0 Å². The number of rotatable bonds is 7. The molecule has 0 aromatic carbocycles. The molecule has 5 aliphatic rings. The fourth-order valence-electron chi connectivity index (χ4n) is 6.74. The van der Waals surface area contributed by atoms with Crippen LogP contribution in [0.4, 0.5) is 0 Å². The molecule has 0 radical (unpaired) electrons. The Kier molecular flexibility index (Phi) is 5.29. The molecule has 1 heterocycles. The summed E-state index contributed by atoms with van der Waals surface area (Å²) in [6, 6.07) is 0. The normalized spacial score (nSPS) is 37.2. The van der Waals surface area contributed by atoms with Gasteiger partial charge in [-0.05, 0) is 74.5 Å². The minimum Gasteiger partial charge on any atom is -0.481 e. The SMILES string of the molecule is O=C(O)C1CCN(S(=O)(=O)N(CCO)CC23CC4CC(CC(C4)C2)C3)CC1. The van der Waals surface area contributed by atoms with Crippen LogP contribution in [-0.2, 0) is 15.0 Å². The number of carboxylic acid groups (broad SMARTS) is 1. The maximum Gasteiger partial charge on any atom is 0.306 e. The summed E-state index contributed by atoms with van der Waals surface area (Å²) in [5.74, 6) is 0.961. The molecule has 0 amide bonds. The van der Waals surface area contributed by atoms with E-state index in [9.17, 15) is 18.3 Å². The molecule has 8 heteroatoms. The molecule has 27 heavy (non-hydrogen) atoms. The van der Waals surface area contributed by atoms with Crippen molar-refractivity contribution in [3.8, 4) is 0 Å². The summed E-state index contributed by atoms with van der Waals surface area (Å²) < 4.78 is 29.5. The van der Waals surface area contributed by atoms with Crippen molar-refractivity contribution in [2.75, 3.05) is 32.8 Å². The smallest absolute Gasteiger partial charge is 0.306 e. The Bertz CT molecular complexity index is 636. The minimum absolute atomic E-state index is 0.0797. The highest BCUT2D eigenvalue weighted by Crippen LogP contribution is 2.60. The third kappa shape index (κ3) is 3.78. The van der Waals surface area contributed by atoms with Gasteiger partial charge in [0.05, 0.1) is 12.5 Å². The Hall–Kier alpha value is -0.700. The Morgan fingerprint density at radius 2 is 1.56 bits per heavy atom. The number of aliphatic hydroxyl groups excluding tert-OH is 1. The van der Waals surface area contributed by atoms with Crippen LogP contribution in [0.2, 0.25) is 0 Å². The molecule has 1 aliphatic heterocycles. The molecule has 7 nitrogen and oxygen atoms in total. The van der Waals surface area contributed by atoms with Gasteiger partial charge in [0.1, 0.15) is 0 Å². The molecule has 0 aromatic rings. The van der Waals surface area contributed by atoms with E-state index in [2.05, 4.69) is 0 Å². The van der Waals surface area contributed by atoms with Gasteiger partial charge < -0.3 is 10.2 Å². The van der Waals surface area contributed by atoms with Gasteiger partial charge in [-0.2, -0.15) is 17.0 Å². The van der Waals surface area contributed by atoms with E-state index < -0.39 is 22.1 Å². The number of nitrogens with zero attached hydrogens (tertiary/aromatic N) is 2. The zero-order valence-electron chi connectivity index (χ0n) is 15.9. The van der Waals surface area contributed by atoms with E-state index >= 15 is 0 Å². The summed E-state index contributed by atoms with van der Waals surface area (Å²) in [6.07, 6.45) is 8.03. The third-order valence-electron chi connectivity index (χ3n) is 7.48. The third-order valence-corrected chi connectivity index (χ3v) is 9.46. The van der Waals surface area contributed by atoms with E-state index in [-0.39, 0.29) is 31.7 Å². The van der Waals surface area contributed by atoms with Gasteiger partial charge in [0.15, 0.2) is 0 Å². The average molecular weight is 401 g/mol. The zero-order chi connectivity index (χ0) is 19.2. The fourth-order valence-corrected chi connectivity index (χ4v) is 8.49. The number of piperidine rings is 1. The highest BCUT2D eigenvalue weighted by Gasteiger charge is 2.52. The molecule has 2 N–H and O–H groups in total. The van der Waals surface area contributed by atoms with Gasteiger partial charge in [0, 0.05) is 26.2 Å². The van der Waals surface area contributed by atoms with Gasteiger partial charge in [-0.25, -0.2) is 0 Å². The molecule has 0 atom stereocenters. The van der Waals surface area contributed by atoms with E-state index in [1.807, 2.05) is 0 Å². The largest absolute Gasteiger partial charge is 0.481 e. The molecular formula is C19H32N2O5S. The second kappa shape index (κ2) is 7.28. The molecule has 0 unspecified atom stereocenters. The van der Waals surface area contributed by atoms with Gasteiger partial charge in [0.25, 0.3) is 10.2 Å². The van der Waals surface area contributed by atoms with Crippen molar-refractivity contribution in [2.24, 2.45) is 29.1 Å². The Balaban J connectivity index is 1.48. The monoisotopic (exact) mass is 400 g/mol. The van der Waals surface area contributed by atoms with Crippen molar-refractivity contribution in [1.29, 1.82) is 0 Å². The van der Waals surface area contributed by atoms with Crippen molar-refractivity contribution in [3.63, 3.8) is 0 Å². The average Bonchev–Trinajstić information content (AvgIpc) is 2.60. The van der Waals surface area contributed by atoms with Crippen molar-refractivity contribution >= 4 is 16.2 Å². The zero-order valence-corrected chi connectivity index (χ0v) is 16.7. The van der Waals surface area contributed by atoms with Crippen LogP contribution in [0.5, 0.6) is 0 Å².